The average molecular weight is 269 g/mol. The lowest BCUT2D eigenvalue weighted by Gasteiger charge is -2.31. The topological polar surface area (TPSA) is 12.0 Å². The maximum atomic E-state index is 13.2. The van der Waals surface area contributed by atoms with E-state index >= 15 is 0 Å². The van der Waals surface area contributed by atoms with Crippen LogP contribution in [0.3, 0.4) is 0 Å². The Kier molecular flexibility index (Phi) is 4.12. The highest BCUT2D eigenvalue weighted by Crippen LogP contribution is 2.36. The molecule has 0 unspecified atom stereocenters. The van der Waals surface area contributed by atoms with E-state index < -0.39 is 0 Å². The highest BCUT2D eigenvalue weighted by molar-refractivity contribution is 5.33. The molecule has 2 aromatic carbocycles. The molecule has 1 fully saturated rings. The van der Waals surface area contributed by atoms with Crippen LogP contribution in [0, 0.1) is 11.7 Å². The van der Waals surface area contributed by atoms with Crippen LogP contribution in [-0.2, 0) is 0 Å². The Labute approximate surface area is 119 Å². The number of hydrogen-bond donors (Lipinski definition) is 1. The van der Waals surface area contributed by atoms with Gasteiger partial charge in [-0.2, -0.15) is 0 Å². The van der Waals surface area contributed by atoms with Gasteiger partial charge >= 0.3 is 0 Å². The zero-order valence-corrected chi connectivity index (χ0v) is 11.6. The van der Waals surface area contributed by atoms with Gasteiger partial charge in [-0.25, -0.2) is 4.39 Å². The minimum Gasteiger partial charge on any atom is -0.317 e. The van der Waals surface area contributed by atoms with Crippen molar-refractivity contribution >= 4 is 0 Å². The van der Waals surface area contributed by atoms with Crippen LogP contribution in [0.4, 0.5) is 4.39 Å². The van der Waals surface area contributed by atoms with Crippen LogP contribution < -0.4 is 5.32 Å². The van der Waals surface area contributed by atoms with Gasteiger partial charge in [-0.3, -0.25) is 0 Å². The minimum atomic E-state index is -0.161. The van der Waals surface area contributed by atoms with E-state index in [0.29, 0.717) is 11.8 Å². The zero-order chi connectivity index (χ0) is 13.8. The van der Waals surface area contributed by atoms with Crippen LogP contribution in [0.25, 0.3) is 0 Å². The summed E-state index contributed by atoms with van der Waals surface area (Å²) in [6.07, 6.45) is 2.36. The van der Waals surface area contributed by atoms with Crippen molar-refractivity contribution in [1.82, 2.24) is 5.32 Å². The van der Waals surface area contributed by atoms with E-state index in [0.717, 1.165) is 13.1 Å². The van der Waals surface area contributed by atoms with Crippen molar-refractivity contribution in [2.75, 3.05) is 13.1 Å². The van der Waals surface area contributed by atoms with Gasteiger partial charge in [0.25, 0.3) is 0 Å². The molecule has 1 heterocycles. The van der Waals surface area contributed by atoms with Crippen LogP contribution in [0.2, 0.25) is 0 Å². The quantitative estimate of drug-likeness (QED) is 0.889. The predicted molar refractivity (Wildman–Crippen MR) is 80.3 cm³/mol. The molecule has 0 radical (unpaired) electrons. The Morgan fingerprint density at radius 2 is 1.45 bits per heavy atom. The standard InChI is InChI=1S/C18H20FN/c19-17-8-6-15(7-9-17)18(14-4-2-1-3-5-14)16-10-12-20-13-11-16/h1-9,16,18,20H,10-13H2/t18-/m0/s1. The molecule has 0 saturated carbocycles. The Balaban J connectivity index is 1.96. The van der Waals surface area contributed by atoms with Gasteiger partial charge in [0.2, 0.25) is 0 Å². The third kappa shape index (κ3) is 2.91. The van der Waals surface area contributed by atoms with E-state index in [2.05, 4.69) is 29.6 Å². The summed E-state index contributed by atoms with van der Waals surface area (Å²) < 4.78 is 13.2. The molecule has 0 bridgehead atoms. The maximum absolute atomic E-state index is 13.2. The maximum Gasteiger partial charge on any atom is 0.123 e. The second-order valence-electron chi connectivity index (χ2n) is 5.53. The highest BCUT2D eigenvalue weighted by atomic mass is 19.1. The van der Waals surface area contributed by atoms with Gasteiger partial charge in [0.15, 0.2) is 0 Å². The molecule has 2 heteroatoms. The normalized spacial score (nSPS) is 17.9. The fraction of sp³-hybridized carbons (Fsp3) is 0.333. The number of halogens is 1. The summed E-state index contributed by atoms with van der Waals surface area (Å²) in [7, 11) is 0. The van der Waals surface area contributed by atoms with Gasteiger partial charge < -0.3 is 5.32 Å². The summed E-state index contributed by atoms with van der Waals surface area (Å²) in [6, 6.07) is 17.6. The van der Waals surface area contributed by atoms with Crippen molar-refractivity contribution in [3.05, 3.63) is 71.5 Å². The lowest BCUT2D eigenvalue weighted by atomic mass is 9.76. The molecule has 0 aliphatic carbocycles. The molecule has 1 aliphatic heterocycles. The van der Waals surface area contributed by atoms with Crippen LogP contribution in [0.1, 0.15) is 29.9 Å². The van der Waals surface area contributed by atoms with Crippen molar-refractivity contribution < 1.29 is 4.39 Å². The monoisotopic (exact) mass is 269 g/mol. The molecule has 20 heavy (non-hydrogen) atoms. The van der Waals surface area contributed by atoms with E-state index in [1.54, 1.807) is 12.1 Å². The molecule has 0 amide bonds. The summed E-state index contributed by atoms with van der Waals surface area (Å²) in [6.45, 7) is 2.16. The fourth-order valence-electron chi connectivity index (χ4n) is 3.24. The van der Waals surface area contributed by atoms with Gasteiger partial charge in [-0.05, 0) is 55.1 Å². The van der Waals surface area contributed by atoms with Crippen LogP contribution >= 0.6 is 0 Å². The van der Waals surface area contributed by atoms with E-state index in [1.165, 1.54) is 24.0 Å². The summed E-state index contributed by atoms with van der Waals surface area (Å²) >= 11 is 0. The molecule has 104 valence electrons. The molecular formula is C18H20FN. The molecule has 1 aliphatic rings. The summed E-state index contributed by atoms with van der Waals surface area (Å²) in [5, 5.41) is 3.42. The molecule has 2 aromatic rings. The van der Waals surface area contributed by atoms with Crippen molar-refractivity contribution in [3.63, 3.8) is 0 Å². The minimum absolute atomic E-state index is 0.161. The van der Waals surface area contributed by atoms with Crippen molar-refractivity contribution in [3.8, 4) is 0 Å². The number of hydrogen-bond acceptors (Lipinski definition) is 1. The number of piperidine rings is 1. The van der Waals surface area contributed by atoms with Crippen molar-refractivity contribution in [2.45, 2.75) is 18.8 Å². The van der Waals surface area contributed by atoms with E-state index in [4.69, 9.17) is 0 Å². The average Bonchev–Trinajstić information content (AvgIpc) is 2.52. The van der Waals surface area contributed by atoms with E-state index in [1.807, 2.05) is 18.2 Å². The first-order valence-corrected chi connectivity index (χ1v) is 7.36. The van der Waals surface area contributed by atoms with E-state index in [9.17, 15) is 4.39 Å². The molecule has 1 nitrogen and oxygen atoms in total. The lowest BCUT2D eigenvalue weighted by Crippen LogP contribution is -2.31. The van der Waals surface area contributed by atoms with Crippen LogP contribution in [0.15, 0.2) is 54.6 Å². The van der Waals surface area contributed by atoms with Gasteiger partial charge in [-0.15, -0.1) is 0 Å². The summed E-state index contributed by atoms with van der Waals surface area (Å²) in [5.74, 6) is 0.842. The second-order valence-corrected chi connectivity index (χ2v) is 5.53. The summed E-state index contributed by atoms with van der Waals surface area (Å²) in [4.78, 5) is 0. The smallest absolute Gasteiger partial charge is 0.123 e. The van der Waals surface area contributed by atoms with E-state index in [-0.39, 0.29) is 5.82 Å². The van der Waals surface area contributed by atoms with Crippen molar-refractivity contribution in [2.24, 2.45) is 5.92 Å². The van der Waals surface area contributed by atoms with Crippen molar-refractivity contribution in [1.29, 1.82) is 0 Å². The number of nitrogens with one attached hydrogen (secondary N) is 1. The van der Waals surface area contributed by atoms with Crippen LogP contribution in [0.5, 0.6) is 0 Å². The summed E-state index contributed by atoms with van der Waals surface area (Å²) in [5.41, 5.74) is 2.57. The first-order chi connectivity index (χ1) is 9.84. The zero-order valence-electron chi connectivity index (χ0n) is 11.6. The molecule has 1 N–H and O–H groups in total. The lowest BCUT2D eigenvalue weighted by molar-refractivity contribution is 0.342. The third-order valence-electron chi connectivity index (χ3n) is 4.24. The third-order valence-corrected chi connectivity index (χ3v) is 4.24. The largest absolute Gasteiger partial charge is 0.317 e. The molecule has 1 atom stereocenters. The highest BCUT2D eigenvalue weighted by Gasteiger charge is 2.26. The van der Waals surface area contributed by atoms with Gasteiger partial charge in [0.1, 0.15) is 5.82 Å². The van der Waals surface area contributed by atoms with Gasteiger partial charge in [0.05, 0.1) is 0 Å². The number of benzene rings is 2. The Bertz CT molecular complexity index is 529. The molecule has 0 aromatic heterocycles. The molecule has 1 saturated heterocycles. The Morgan fingerprint density at radius 1 is 0.850 bits per heavy atom. The molecule has 3 rings (SSSR count). The molecule has 0 spiro atoms. The predicted octanol–water partition coefficient (Wildman–Crippen LogP) is 3.96. The molecular weight excluding hydrogens is 249 g/mol. The SMILES string of the molecule is Fc1ccc([C@H](c2ccccc2)C2CCNCC2)cc1. The first-order valence-electron chi connectivity index (χ1n) is 7.36. The second kappa shape index (κ2) is 6.19. The van der Waals surface area contributed by atoms with Crippen LogP contribution in [-0.4, -0.2) is 13.1 Å². The van der Waals surface area contributed by atoms with Gasteiger partial charge in [-0.1, -0.05) is 42.5 Å². The Morgan fingerprint density at radius 3 is 2.10 bits per heavy atom. The first kappa shape index (κ1) is 13.3. The van der Waals surface area contributed by atoms with Gasteiger partial charge in [0, 0.05) is 5.92 Å². The Hall–Kier alpha value is -1.67. The fourth-order valence-corrected chi connectivity index (χ4v) is 3.24. The number of rotatable bonds is 3.